The average molecular weight is 238 g/mol. The van der Waals surface area contributed by atoms with Crippen LogP contribution in [-0.4, -0.2) is 32.8 Å². The molecule has 1 aromatic rings. The van der Waals surface area contributed by atoms with Gasteiger partial charge in [0, 0.05) is 30.9 Å². The lowest BCUT2D eigenvalue weighted by atomic mass is 10.1. The van der Waals surface area contributed by atoms with Crippen LogP contribution in [0.4, 0.5) is 10.6 Å². The van der Waals surface area contributed by atoms with Crippen molar-refractivity contribution in [1.82, 2.24) is 14.7 Å². The minimum atomic E-state index is -0.192. The molecule has 5 nitrogen and oxygen atoms in total. The highest BCUT2D eigenvalue weighted by Gasteiger charge is 2.25. The molecule has 2 amide bonds. The summed E-state index contributed by atoms with van der Waals surface area (Å²) in [4.78, 5) is 13.9. The van der Waals surface area contributed by atoms with Crippen LogP contribution in [0.5, 0.6) is 0 Å². The summed E-state index contributed by atoms with van der Waals surface area (Å²) in [5.41, 5.74) is 0.821. The molecule has 1 aromatic heterocycles. The first kappa shape index (κ1) is 13.5. The lowest BCUT2D eigenvalue weighted by Gasteiger charge is -2.34. The molecule has 0 aliphatic heterocycles. The van der Waals surface area contributed by atoms with Crippen molar-refractivity contribution < 1.29 is 4.79 Å². The Labute approximate surface area is 103 Å². The summed E-state index contributed by atoms with van der Waals surface area (Å²) >= 11 is 0. The molecule has 17 heavy (non-hydrogen) atoms. The first-order chi connectivity index (χ1) is 7.75. The molecule has 0 radical (unpaired) electrons. The minimum absolute atomic E-state index is 0.113. The molecule has 0 aliphatic carbocycles. The number of amides is 2. The zero-order valence-electron chi connectivity index (χ0n) is 11.5. The molecule has 0 saturated heterocycles. The maximum Gasteiger partial charge on any atom is 0.323 e. The second-order valence-corrected chi connectivity index (χ2v) is 5.14. The van der Waals surface area contributed by atoms with Crippen LogP contribution in [0.1, 0.15) is 33.4 Å². The van der Waals surface area contributed by atoms with Crippen LogP contribution in [-0.2, 0) is 7.05 Å². The molecule has 0 saturated carbocycles. The number of urea groups is 1. The van der Waals surface area contributed by atoms with Gasteiger partial charge in [-0.15, -0.1) is 0 Å². The van der Waals surface area contributed by atoms with E-state index in [1.165, 1.54) is 0 Å². The standard InChI is InChI=1S/C12H22N4O/c1-7-16(12(3,4)5)11(17)13-10-8-9(2)15(6)14-10/h8H,7H2,1-6H3,(H,13,14,17). The maximum atomic E-state index is 12.1. The van der Waals surface area contributed by atoms with Crippen molar-refractivity contribution in [2.75, 3.05) is 11.9 Å². The normalized spacial score (nSPS) is 11.4. The molecule has 5 heteroatoms. The highest BCUT2D eigenvalue weighted by Crippen LogP contribution is 2.15. The first-order valence-electron chi connectivity index (χ1n) is 5.85. The van der Waals surface area contributed by atoms with Crippen LogP contribution in [0.3, 0.4) is 0 Å². The fourth-order valence-corrected chi connectivity index (χ4v) is 1.72. The zero-order valence-corrected chi connectivity index (χ0v) is 11.5. The van der Waals surface area contributed by atoms with E-state index in [9.17, 15) is 4.79 Å². The Morgan fingerprint density at radius 1 is 1.53 bits per heavy atom. The van der Waals surface area contributed by atoms with Gasteiger partial charge in [-0.25, -0.2) is 4.79 Å². The molecule has 0 unspecified atom stereocenters. The van der Waals surface area contributed by atoms with E-state index in [1.54, 1.807) is 9.58 Å². The van der Waals surface area contributed by atoms with Crippen LogP contribution in [0, 0.1) is 6.92 Å². The fraction of sp³-hybridized carbons (Fsp3) is 0.667. The number of aromatic nitrogens is 2. The molecule has 0 aromatic carbocycles. The molecule has 1 N–H and O–H groups in total. The van der Waals surface area contributed by atoms with Crippen molar-refractivity contribution in [3.05, 3.63) is 11.8 Å². The Hall–Kier alpha value is -1.52. The molecule has 0 atom stereocenters. The highest BCUT2D eigenvalue weighted by atomic mass is 16.2. The molecule has 1 rings (SSSR count). The van der Waals surface area contributed by atoms with Gasteiger partial charge in [-0.1, -0.05) is 0 Å². The summed E-state index contributed by atoms with van der Waals surface area (Å²) in [6.45, 7) is 10.6. The monoisotopic (exact) mass is 238 g/mol. The summed E-state index contributed by atoms with van der Waals surface area (Å²) in [7, 11) is 1.85. The van der Waals surface area contributed by atoms with Crippen molar-refractivity contribution in [3.63, 3.8) is 0 Å². The summed E-state index contributed by atoms with van der Waals surface area (Å²) in [6.07, 6.45) is 0. The number of rotatable bonds is 2. The number of hydrogen-bond acceptors (Lipinski definition) is 2. The van der Waals surface area contributed by atoms with Gasteiger partial charge in [-0.2, -0.15) is 5.10 Å². The third kappa shape index (κ3) is 3.22. The molecule has 0 aliphatic rings. The van der Waals surface area contributed by atoms with E-state index in [2.05, 4.69) is 10.4 Å². The minimum Gasteiger partial charge on any atom is -0.320 e. The number of nitrogens with zero attached hydrogens (tertiary/aromatic N) is 3. The second kappa shape index (κ2) is 4.77. The predicted molar refractivity (Wildman–Crippen MR) is 69.1 cm³/mol. The number of carbonyl (C=O) groups excluding carboxylic acids is 1. The van der Waals surface area contributed by atoms with Crippen molar-refractivity contribution >= 4 is 11.8 Å². The number of anilines is 1. The average Bonchev–Trinajstić information content (AvgIpc) is 2.43. The van der Waals surface area contributed by atoms with E-state index < -0.39 is 0 Å². The number of nitrogens with one attached hydrogen (secondary N) is 1. The lowest BCUT2D eigenvalue weighted by Crippen LogP contribution is -2.47. The zero-order chi connectivity index (χ0) is 13.2. The summed E-state index contributed by atoms with van der Waals surface area (Å²) in [5.74, 6) is 0.595. The SMILES string of the molecule is CCN(C(=O)Nc1cc(C)n(C)n1)C(C)(C)C. The Morgan fingerprint density at radius 3 is 2.47 bits per heavy atom. The van der Waals surface area contributed by atoms with Gasteiger partial charge in [0.25, 0.3) is 0 Å². The quantitative estimate of drug-likeness (QED) is 0.860. The van der Waals surface area contributed by atoms with Gasteiger partial charge in [-0.05, 0) is 34.6 Å². The van der Waals surface area contributed by atoms with E-state index >= 15 is 0 Å². The maximum absolute atomic E-state index is 12.1. The molecular formula is C12H22N4O. The molecule has 1 heterocycles. The van der Waals surface area contributed by atoms with Crippen LogP contribution >= 0.6 is 0 Å². The fourth-order valence-electron chi connectivity index (χ4n) is 1.72. The van der Waals surface area contributed by atoms with Gasteiger partial charge in [-0.3, -0.25) is 10.00 Å². The smallest absolute Gasteiger partial charge is 0.320 e. The summed E-state index contributed by atoms with van der Waals surface area (Å²) < 4.78 is 1.74. The largest absolute Gasteiger partial charge is 0.323 e. The van der Waals surface area contributed by atoms with E-state index in [1.807, 2.05) is 47.7 Å². The van der Waals surface area contributed by atoms with Crippen LogP contribution in [0.2, 0.25) is 0 Å². The van der Waals surface area contributed by atoms with E-state index in [0.29, 0.717) is 12.4 Å². The van der Waals surface area contributed by atoms with Gasteiger partial charge in [0.15, 0.2) is 5.82 Å². The highest BCUT2D eigenvalue weighted by molar-refractivity contribution is 5.88. The third-order valence-corrected chi connectivity index (χ3v) is 2.72. The van der Waals surface area contributed by atoms with Crippen molar-refractivity contribution in [2.24, 2.45) is 7.05 Å². The van der Waals surface area contributed by atoms with Gasteiger partial charge < -0.3 is 4.90 Å². The second-order valence-electron chi connectivity index (χ2n) is 5.14. The van der Waals surface area contributed by atoms with Crippen molar-refractivity contribution in [2.45, 2.75) is 40.2 Å². The van der Waals surface area contributed by atoms with Gasteiger partial charge in [0.05, 0.1) is 0 Å². The van der Waals surface area contributed by atoms with Crippen LogP contribution in [0.25, 0.3) is 0 Å². The number of aryl methyl sites for hydroxylation is 2. The molecule has 0 bridgehead atoms. The Morgan fingerprint density at radius 2 is 2.12 bits per heavy atom. The number of carbonyl (C=O) groups is 1. The van der Waals surface area contributed by atoms with Gasteiger partial charge in [0.1, 0.15) is 0 Å². The summed E-state index contributed by atoms with van der Waals surface area (Å²) in [6, 6.07) is 1.74. The molecular weight excluding hydrogens is 216 g/mol. The molecule has 0 fully saturated rings. The van der Waals surface area contributed by atoms with Crippen molar-refractivity contribution in [1.29, 1.82) is 0 Å². The lowest BCUT2D eigenvalue weighted by molar-refractivity contribution is 0.162. The first-order valence-corrected chi connectivity index (χ1v) is 5.85. The van der Waals surface area contributed by atoms with E-state index in [0.717, 1.165) is 5.69 Å². The molecule has 0 spiro atoms. The Kier molecular flexibility index (Phi) is 3.80. The molecule has 96 valence electrons. The Balaban J connectivity index is 2.78. The van der Waals surface area contributed by atoms with E-state index in [-0.39, 0.29) is 11.6 Å². The van der Waals surface area contributed by atoms with Crippen LogP contribution < -0.4 is 5.32 Å². The topological polar surface area (TPSA) is 50.2 Å². The van der Waals surface area contributed by atoms with E-state index in [4.69, 9.17) is 0 Å². The van der Waals surface area contributed by atoms with Crippen LogP contribution in [0.15, 0.2) is 6.07 Å². The van der Waals surface area contributed by atoms with Crippen molar-refractivity contribution in [3.8, 4) is 0 Å². The predicted octanol–water partition coefficient (Wildman–Crippen LogP) is 2.38. The Bertz CT molecular complexity index is 384. The van der Waals surface area contributed by atoms with Gasteiger partial charge in [0.2, 0.25) is 0 Å². The van der Waals surface area contributed by atoms with Gasteiger partial charge >= 0.3 is 6.03 Å². The summed E-state index contributed by atoms with van der Waals surface area (Å²) in [5, 5.41) is 7.02. The number of hydrogen-bond donors (Lipinski definition) is 1. The third-order valence-electron chi connectivity index (χ3n) is 2.72.